The first-order chi connectivity index (χ1) is 5.31. The first-order valence-corrected chi connectivity index (χ1v) is 12.6. The highest BCUT2D eigenvalue weighted by molar-refractivity contribution is 7.39. The first kappa shape index (κ1) is 12.4. The average molecular weight is 203 g/mol. The summed E-state index contributed by atoms with van der Waals surface area (Å²) in [6, 6.07) is 0. The van der Waals surface area contributed by atoms with Crippen LogP contribution in [0.5, 0.6) is 0 Å². The summed E-state index contributed by atoms with van der Waals surface area (Å²) in [7, 11) is -1.96. The summed E-state index contributed by atoms with van der Waals surface area (Å²) < 4.78 is 0. The van der Waals surface area contributed by atoms with E-state index in [4.69, 9.17) is 0 Å². The van der Waals surface area contributed by atoms with E-state index in [1.165, 1.54) is 19.4 Å². The highest BCUT2D eigenvalue weighted by Gasteiger charge is 2.36. The summed E-state index contributed by atoms with van der Waals surface area (Å²) >= 11 is 0. The third kappa shape index (κ3) is 3.87. The minimum Gasteiger partial charge on any atom is -0.339 e. The number of rotatable bonds is 5. The normalized spacial score (nSPS) is 13.5. The van der Waals surface area contributed by atoms with Gasteiger partial charge in [0.1, 0.15) is 7.75 Å². The van der Waals surface area contributed by atoms with E-state index >= 15 is 0 Å². The van der Waals surface area contributed by atoms with Crippen molar-refractivity contribution in [2.45, 2.75) is 52.5 Å². The van der Waals surface area contributed by atoms with Crippen LogP contribution in [-0.2, 0) is 0 Å². The van der Waals surface area contributed by atoms with Gasteiger partial charge in [0.25, 0.3) is 0 Å². The minimum atomic E-state index is -1.05. The molecule has 0 aliphatic heterocycles. The van der Waals surface area contributed by atoms with Crippen LogP contribution in [0.3, 0.4) is 0 Å². The van der Waals surface area contributed by atoms with Gasteiger partial charge in [-0.25, -0.2) is 0 Å². The largest absolute Gasteiger partial charge is 0.339 e. The van der Waals surface area contributed by atoms with Crippen molar-refractivity contribution in [3.63, 3.8) is 0 Å². The summed E-state index contributed by atoms with van der Waals surface area (Å²) in [4.78, 5) is 3.80. The molecule has 1 N–H and O–H groups in total. The van der Waals surface area contributed by atoms with Crippen LogP contribution in [-0.4, -0.2) is 21.9 Å². The second-order valence-corrected chi connectivity index (χ2v) is 21.5. The zero-order valence-electron chi connectivity index (χ0n) is 9.62. The van der Waals surface area contributed by atoms with Crippen molar-refractivity contribution in [3.8, 4) is 0 Å². The van der Waals surface area contributed by atoms with E-state index in [1.54, 1.807) is 0 Å². The van der Waals surface area contributed by atoms with Crippen LogP contribution in [0.4, 0.5) is 0 Å². The lowest BCUT2D eigenvalue weighted by molar-refractivity contribution is 0.759. The van der Waals surface area contributed by atoms with Gasteiger partial charge in [-0.3, -0.25) is 0 Å². The quantitative estimate of drug-likeness (QED) is 0.535. The van der Waals surface area contributed by atoms with Gasteiger partial charge in [0.15, 0.2) is 0 Å². The van der Waals surface area contributed by atoms with Crippen LogP contribution in [0.15, 0.2) is 0 Å². The smallest absolute Gasteiger partial charge is 0.108 e. The maximum atomic E-state index is 3.80. The molecule has 0 saturated heterocycles. The average Bonchev–Trinajstić information content (AvgIpc) is 1.85. The molecule has 0 aromatic carbocycles. The monoisotopic (exact) mass is 203 g/mol. The number of nitrogens with one attached hydrogen (secondary N) is 1. The second kappa shape index (κ2) is 4.58. The van der Waals surface area contributed by atoms with Crippen molar-refractivity contribution in [3.05, 3.63) is 0 Å². The summed E-state index contributed by atoms with van der Waals surface area (Å²) in [6.45, 7) is 15.9. The number of hydrogen-bond donors (Lipinski definition) is 1. The number of unbranched alkanes of at least 4 members (excludes halogenated alkanes) is 1. The van der Waals surface area contributed by atoms with Crippen molar-refractivity contribution in [1.82, 2.24) is 4.98 Å². The molecule has 0 radical (unpaired) electrons. The zero-order valence-corrected chi connectivity index (χ0v) is 11.6. The molecule has 0 rings (SSSR count). The summed E-state index contributed by atoms with van der Waals surface area (Å²) in [6.07, 6.45) is 2.64. The SMILES string of the molecule is CCCCN[Si](C)(C)[Si](C)(C)C. The van der Waals surface area contributed by atoms with Gasteiger partial charge in [0.2, 0.25) is 0 Å². The summed E-state index contributed by atoms with van der Waals surface area (Å²) in [5.74, 6) is 0. The van der Waals surface area contributed by atoms with Crippen LogP contribution >= 0.6 is 0 Å². The Labute approximate surface area is 79.8 Å². The predicted molar refractivity (Wildman–Crippen MR) is 63.7 cm³/mol. The van der Waals surface area contributed by atoms with E-state index in [1.807, 2.05) is 0 Å². The van der Waals surface area contributed by atoms with Crippen LogP contribution in [0.2, 0.25) is 32.7 Å². The first-order valence-electron chi connectivity index (χ1n) is 5.06. The molecule has 1 nitrogen and oxygen atoms in total. The Morgan fingerprint density at radius 3 is 1.83 bits per heavy atom. The number of hydrogen-bond acceptors (Lipinski definition) is 1. The van der Waals surface area contributed by atoms with E-state index in [0.29, 0.717) is 0 Å². The van der Waals surface area contributed by atoms with E-state index in [-0.39, 0.29) is 0 Å². The minimum absolute atomic E-state index is 0.907. The second-order valence-electron chi connectivity index (χ2n) is 5.16. The van der Waals surface area contributed by atoms with Crippen molar-refractivity contribution in [2.75, 3.05) is 6.54 Å². The third-order valence-corrected chi connectivity index (χ3v) is 19.6. The van der Waals surface area contributed by atoms with E-state index in [2.05, 4.69) is 44.6 Å². The molecule has 0 fully saturated rings. The van der Waals surface area contributed by atoms with Crippen LogP contribution in [0.1, 0.15) is 19.8 Å². The predicted octanol–water partition coefficient (Wildman–Crippen LogP) is 3.00. The lowest BCUT2D eigenvalue weighted by Gasteiger charge is -2.36. The van der Waals surface area contributed by atoms with Crippen molar-refractivity contribution in [1.29, 1.82) is 0 Å². The van der Waals surface area contributed by atoms with Gasteiger partial charge < -0.3 is 4.98 Å². The highest BCUT2D eigenvalue weighted by atomic mass is 29.3. The Kier molecular flexibility index (Phi) is 4.73. The Balaban J connectivity index is 3.88. The molecule has 0 unspecified atom stereocenters. The molecule has 0 amide bonds. The Hall–Kier alpha value is 0.394. The molecule has 0 spiro atoms. The molecule has 0 atom stereocenters. The fourth-order valence-electron chi connectivity index (χ4n) is 0.843. The third-order valence-electron chi connectivity index (χ3n) is 2.97. The molecule has 0 saturated carbocycles. The molecule has 0 aliphatic rings. The van der Waals surface area contributed by atoms with Crippen molar-refractivity contribution < 1.29 is 0 Å². The Morgan fingerprint density at radius 2 is 1.50 bits per heavy atom. The topological polar surface area (TPSA) is 12.0 Å². The van der Waals surface area contributed by atoms with Crippen LogP contribution in [0, 0.1) is 0 Å². The van der Waals surface area contributed by atoms with E-state index in [9.17, 15) is 0 Å². The fraction of sp³-hybridized carbons (Fsp3) is 1.00. The maximum Gasteiger partial charge on any atom is 0.108 e. The molecule has 0 bridgehead atoms. The van der Waals surface area contributed by atoms with Crippen LogP contribution < -0.4 is 4.98 Å². The van der Waals surface area contributed by atoms with Gasteiger partial charge in [0, 0.05) is 0 Å². The molecule has 0 aromatic heterocycles. The van der Waals surface area contributed by atoms with Gasteiger partial charge in [0.05, 0.1) is 7.59 Å². The van der Waals surface area contributed by atoms with Gasteiger partial charge in [-0.05, 0) is 13.0 Å². The Morgan fingerprint density at radius 1 is 1.00 bits per heavy atom. The lowest BCUT2D eigenvalue weighted by atomic mass is 10.3. The molecule has 3 heteroatoms. The van der Waals surface area contributed by atoms with Crippen LogP contribution in [0.25, 0.3) is 0 Å². The molecule has 74 valence electrons. The van der Waals surface area contributed by atoms with Gasteiger partial charge in [-0.2, -0.15) is 0 Å². The zero-order chi connectivity index (χ0) is 9.83. The van der Waals surface area contributed by atoms with Gasteiger partial charge >= 0.3 is 0 Å². The van der Waals surface area contributed by atoms with Gasteiger partial charge in [-0.1, -0.05) is 46.1 Å². The fourth-order valence-corrected chi connectivity index (χ4v) is 4.14. The molecule has 12 heavy (non-hydrogen) atoms. The van der Waals surface area contributed by atoms with Gasteiger partial charge in [-0.15, -0.1) is 0 Å². The Bertz CT molecular complexity index is 127. The maximum absolute atomic E-state index is 3.80. The van der Waals surface area contributed by atoms with Crippen molar-refractivity contribution >= 4 is 15.3 Å². The molecule has 0 aliphatic carbocycles. The molecular weight excluding hydrogens is 178 g/mol. The molecule has 0 heterocycles. The standard InChI is InChI=1S/C9H25NSi2/c1-7-8-9-10-12(5,6)11(2,3)4/h10H,7-9H2,1-6H3. The molecular formula is C9H25NSi2. The van der Waals surface area contributed by atoms with E-state index in [0.717, 1.165) is 0 Å². The lowest BCUT2D eigenvalue weighted by Crippen LogP contribution is -2.63. The van der Waals surface area contributed by atoms with E-state index < -0.39 is 15.3 Å². The summed E-state index contributed by atoms with van der Waals surface area (Å²) in [5.41, 5.74) is 0. The van der Waals surface area contributed by atoms with Crippen molar-refractivity contribution in [2.24, 2.45) is 0 Å². The highest BCUT2D eigenvalue weighted by Crippen LogP contribution is 2.15. The molecule has 0 aromatic rings. The summed E-state index contributed by atoms with van der Waals surface area (Å²) in [5, 5.41) is 0.